The quantitative estimate of drug-likeness (QED) is 0.0715. The van der Waals surface area contributed by atoms with E-state index in [-0.39, 0.29) is 24.8 Å². The van der Waals surface area contributed by atoms with E-state index < -0.39 is 12.5 Å². The van der Waals surface area contributed by atoms with Gasteiger partial charge in [0.15, 0.2) is 0 Å². The van der Waals surface area contributed by atoms with E-state index in [4.69, 9.17) is 5.11 Å². The van der Waals surface area contributed by atoms with E-state index >= 15 is 0 Å². The monoisotopic (exact) mass is 577 g/mol. The second-order valence-corrected chi connectivity index (χ2v) is 10.9. The highest BCUT2D eigenvalue weighted by molar-refractivity contribution is 8.76. The first-order valence-corrected chi connectivity index (χ1v) is 16.1. The largest absolute Gasteiger partial charge is 0.387 e. The molecule has 0 heterocycles. The third-order valence-electron chi connectivity index (χ3n) is 4.82. The Kier molecular flexibility index (Phi) is 28.1. The normalized spacial score (nSPS) is 12.2. The number of amides is 3. The van der Waals surface area contributed by atoms with Gasteiger partial charge in [-0.15, -0.1) is 0 Å². The Bertz CT molecular complexity index is 821. The summed E-state index contributed by atoms with van der Waals surface area (Å²) in [4.78, 5) is 34.3. The van der Waals surface area contributed by atoms with Gasteiger partial charge < -0.3 is 21.1 Å². The Morgan fingerprint density at radius 3 is 1.44 bits per heavy atom. The summed E-state index contributed by atoms with van der Waals surface area (Å²) in [6.45, 7) is 2.94. The molecule has 7 nitrogen and oxygen atoms in total. The molecule has 4 N–H and O–H groups in total. The highest BCUT2D eigenvalue weighted by Gasteiger charge is 2.03. The van der Waals surface area contributed by atoms with E-state index in [0.717, 1.165) is 50.0 Å². The van der Waals surface area contributed by atoms with E-state index in [0.29, 0.717) is 19.5 Å². The van der Waals surface area contributed by atoms with Gasteiger partial charge in [-0.3, -0.25) is 14.4 Å². The van der Waals surface area contributed by atoms with Gasteiger partial charge in [-0.2, -0.15) is 0 Å². The number of carbonyl (C=O) groups is 3. The van der Waals surface area contributed by atoms with Crippen molar-refractivity contribution in [1.29, 1.82) is 0 Å². The number of nitrogens with one attached hydrogen (secondary N) is 3. The van der Waals surface area contributed by atoms with Gasteiger partial charge in [0.25, 0.3) is 0 Å². The van der Waals surface area contributed by atoms with Crippen LogP contribution in [0.5, 0.6) is 0 Å². The molecule has 0 aliphatic heterocycles. The van der Waals surface area contributed by atoms with Crippen LogP contribution in [0.25, 0.3) is 0 Å². The molecule has 0 aromatic carbocycles. The van der Waals surface area contributed by atoms with Crippen LogP contribution in [0, 0.1) is 0 Å². The fourth-order valence-corrected chi connectivity index (χ4v) is 4.64. The minimum atomic E-state index is -0.571. The average Bonchev–Trinajstić information content (AvgIpc) is 2.93. The van der Waals surface area contributed by atoms with Gasteiger partial charge in [0, 0.05) is 44.0 Å². The van der Waals surface area contributed by atoms with E-state index in [2.05, 4.69) is 83.6 Å². The summed E-state index contributed by atoms with van der Waals surface area (Å²) in [6, 6.07) is 0. The van der Waals surface area contributed by atoms with Crippen molar-refractivity contribution in [2.75, 3.05) is 37.7 Å². The van der Waals surface area contributed by atoms with Crippen molar-refractivity contribution in [3.63, 3.8) is 0 Å². The van der Waals surface area contributed by atoms with Crippen LogP contribution >= 0.6 is 21.6 Å². The predicted molar refractivity (Wildman–Crippen MR) is 168 cm³/mol. The van der Waals surface area contributed by atoms with Gasteiger partial charge in [-0.05, 0) is 38.5 Å². The number of allylic oxidation sites excluding steroid dienone is 11. The van der Waals surface area contributed by atoms with Crippen molar-refractivity contribution < 1.29 is 19.5 Å². The first-order valence-electron chi connectivity index (χ1n) is 13.7. The number of aliphatic hydroxyl groups excluding tert-OH is 1. The molecule has 0 aromatic heterocycles. The zero-order valence-corrected chi connectivity index (χ0v) is 24.9. The van der Waals surface area contributed by atoms with Crippen molar-refractivity contribution in [2.45, 2.75) is 58.3 Å². The molecule has 0 rings (SSSR count). The lowest BCUT2D eigenvalue weighted by Gasteiger charge is -2.06. The van der Waals surface area contributed by atoms with Crippen LogP contribution in [0.4, 0.5) is 0 Å². The number of carbonyl (C=O) groups excluding carboxylic acids is 3. The second kappa shape index (κ2) is 30.1. The molecule has 0 saturated carbocycles. The van der Waals surface area contributed by atoms with Crippen LogP contribution in [0.3, 0.4) is 0 Å². The third kappa shape index (κ3) is 29.9. The number of rotatable bonds is 24. The molecule has 218 valence electrons. The Balaban J connectivity index is 3.55. The van der Waals surface area contributed by atoms with Crippen LogP contribution in [0.15, 0.2) is 72.9 Å². The smallest absolute Gasteiger partial charge is 0.245 e. The van der Waals surface area contributed by atoms with E-state index in [9.17, 15) is 14.4 Å². The number of aliphatic hydroxyl groups is 1. The predicted octanol–water partition coefficient (Wildman–Crippen LogP) is 5.19. The van der Waals surface area contributed by atoms with Crippen molar-refractivity contribution in [2.24, 2.45) is 0 Å². The fraction of sp³-hybridized carbons (Fsp3) is 0.500. The van der Waals surface area contributed by atoms with Crippen LogP contribution in [0.1, 0.15) is 58.3 Å². The summed E-state index contributed by atoms with van der Waals surface area (Å²) in [5.41, 5.74) is 0. The summed E-state index contributed by atoms with van der Waals surface area (Å²) in [7, 11) is 3.28. The molecule has 0 atom stereocenters. The molecule has 0 spiro atoms. The van der Waals surface area contributed by atoms with Crippen molar-refractivity contribution in [3.8, 4) is 0 Å². The first kappa shape index (κ1) is 36.5. The number of hydrogen-bond donors (Lipinski definition) is 4. The molecule has 0 aliphatic rings. The molecule has 0 aromatic rings. The van der Waals surface area contributed by atoms with E-state index in [1.54, 1.807) is 21.6 Å². The standard InChI is InChI=1S/C30H47N3O4S2/c1-2-3-4-5-6-7-8-9-10-11-12-13-14-15-16-17-18-19-20-28(35)32-23-25-38-39-26-24-33-29(36)21-22-31-30(37)27-34/h3-4,6-7,9-10,12-13,15-16,18-19,34H,2,5,8,11,14,17,20-27H2,1H3,(H,31,37)(H,32,35)(H,33,36)/b4-3-,7-6-,10-9-,13-12-,16-15-,19-18-. The van der Waals surface area contributed by atoms with Crippen LogP contribution < -0.4 is 16.0 Å². The van der Waals surface area contributed by atoms with Crippen molar-refractivity contribution in [3.05, 3.63) is 72.9 Å². The summed E-state index contributed by atoms with van der Waals surface area (Å²) < 4.78 is 0. The van der Waals surface area contributed by atoms with Gasteiger partial charge in [0.05, 0.1) is 0 Å². The SMILES string of the molecule is CC/C=C\C/C=C\C/C=C\C/C=C\C/C=C\C/C=C\CC(=O)NCCSSCCNC(=O)CCNC(=O)CO. The van der Waals surface area contributed by atoms with E-state index in [1.165, 1.54) is 0 Å². The molecule has 0 bridgehead atoms. The zero-order valence-electron chi connectivity index (χ0n) is 23.3. The van der Waals surface area contributed by atoms with Crippen molar-refractivity contribution >= 4 is 39.3 Å². The Morgan fingerprint density at radius 2 is 0.974 bits per heavy atom. The third-order valence-corrected chi connectivity index (χ3v) is 7.22. The summed E-state index contributed by atoms with van der Waals surface area (Å²) >= 11 is 0. The fourth-order valence-electron chi connectivity index (χ4n) is 2.83. The van der Waals surface area contributed by atoms with Gasteiger partial charge >= 0.3 is 0 Å². The molecule has 0 fully saturated rings. The van der Waals surface area contributed by atoms with Gasteiger partial charge in [-0.25, -0.2) is 0 Å². The second-order valence-electron chi connectivity index (χ2n) is 8.22. The average molecular weight is 578 g/mol. The van der Waals surface area contributed by atoms with Crippen LogP contribution in [-0.2, 0) is 14.4 Å². The Morgan fingerprint density at radius 1 is 0.564 bits per heavy atom. The maximum atomic E-state index is 11.9. The molecule has 0 radical (unpaired) electrons. The molecule has 39 heavy (non-hydrogen) atoms. The minimum Gasteiger partial charge on any atom is -0.387 e. The maximum Gasteiger partial charge on any atom is 0.245 e. The van der Waals surface area contributed by atoms with Gasteiger partial charge in [0.1, 0.15) is 6.61 Å². The van der Waals surface area contributed by atoms with Gasteiger partial charge in [0.2, 0.25) is 17.7 Å². The summed E-state index contributed by atoms with van der Waals surface area (Å²) in [5.74, 6) is 0.939. The molecular formula is C30H47N3O4S2. The Labute approximate surface area is 243 Å². The summed E-state index contributed by atoms with van der Waals surface area (Å²) in [6.07, 6.45) is 32.0. The lowest BCUT2D eigenvalue weighted by molar-refractivity contribution is -0.124. The highest BCUT2D eigenvalue weighted by Crippen LogP contribution is 2.19. The first-order chi connectivity index (χ1) is 19.1. The summed E-state index contributed by atoms with van der Waals surface area (Å²) in [5, 5.41) is 16.7. The lowest BCUT2D eigenvalue weighted by atomic mass is 10.2. The highest BCUT2D eigenvalue weighted by atomic mass is 33.1. The molecule has 0 aliphatic carbocycles. The molecular weight excluding hydrogens is 530 g/mol. The zero-order chi connectivity index (χ0) is 28.7. The maximum absolute atomic E-state index is 11.9. The van der Waals surface area contributed by atoms with Gasteiger partial charge in [-0.1, -0.05) is 101 Å². The Hall–Kier alpha value is -2.49. The lowest BCUT2D eigenvalue weighted by Crippen LogP contribution is -2.32. The minimum absolute atomic E-state index is 0.0150. The molecule has 0 saturated heterocycles. The van der Waals surface area contributed by atoms with Crippen LogP contribution in [-0.4, -0.2) is 60.6 Å². The number of hydrogen-bond acceptors (Lipinski definition) is 6. The van der Waals surface area contributed by atoms with Crippen LogP contribution in [0.2, 0.25) is 0 Å². The molecule has 3 amide bonds. The van der Waals surface area contributed by atoms with E-state index in [1.807, 2.05) is 12.2 Å². The molecule has 0 unspecified atom stereocenters. The van der Waals surface area contributed by atoms with Crippen molar-refractivity contribution in [1.82, 2.24) is 16.0 Å². The molecule has 9 heteroatoms. The topological polar surface area (TPSA) is 108 Å².